The van der Waals surface area contributed by atoms with Gasteiger partial charge in [0.05, 0.1) is 18.6 Å². The number of hydrogen-bond donors (Lipinski definition) is 1. The van der Waals surface area contributed by atoms with Gasteiger partial charge in [0.15, 0.2) is 0 Å². The number of amides is 1. The zero-order chi connectivity index (χ0) is 12.3. The summed E-state index contributed by atoms with van der Waals surface area (Å²) >= 11 is 0. The Bertz CT molecular complexity index is 287. The summed E-state index contributed by atoms with van der Waals surface area (Å²) in [5.41, 5.74) is 5.23. The summed E-state index contributed by atoms with van der Waals surface area (Å²) in [7, 11) is 3.02. The lowest BCUT2D eigenvalue weighted by Crippen LogP contribution is -2.59. The average Bonchev–Trinajstić information content (AvgIpc) is 2.23. The molecule has 1 rings (SSSR count). The first kappa shape index (κ1) is 13.0. The van der Waals surface area contributed by atoms with E-state index < -0.39 is 5.54 Å². The number of nitrogens with zero attached hydrogens (tertiary/aromatic N) is 1. The maximum atomic E-state index is 11.9. The third-order valence-electron chi connectivity index (χ3n) is 3.17. The second-order valence-electron chi connectivity index (χ2n) is 4.62. The van der Waals surface area contributed by atoms with Gasteiger partial charge in [-0.2, -0.15) is 0 Å². The number of methoxy groups -OCH3 is 1. The quantitative estimate of drug-likeness (QED) is 0.694. The van der Waals surface area contributed by atoms with E-state index in [2.05, 4.69) is 4.74 Å². The van der Waals surface area contributed by atoms with Crippen LogP contribution in [0.4, 0.5) is 0 Å². The van der Waals surface area contributed by atoms with Crippen molar-refractivity contribution in [1.29, 1.82) is 0 Å². The minimum atomic E-state index is -0.690. The van der Waals surface area contributed by atoms with Crippen LogP contribution in [0, 0.1) is 5.92 Å². The fourth-order valence-electron chi connectivity index (χ4n) is 1.92. The van der Waals surface area contributed by atoms with Crippen LogP contribution in [-0.4, -0.2) is 43.0 Å². The number of carbonyl (C=O) groups is 2. The minimum absolute atomic E-state index is 0.0745. The fraction of sp³-hybridized carbons (Fsp3) is 0.818. The third kappa shape index (κ3) is 2.52. The van der Waals surface area contributed by atoms with Crippen LogP contribution in [0.1, 0.15) is 26.2 Å². The Morgan fingerprint density at radius 3 is 2.44 bits per heavy atom. The van der Waals surface area contributed by atoms with Gasteiger partial charge in [-0.1, -0.05) is 6.92 Å². The molecule has 0 aromatic rings. The van der Waals surface area contributed by atoms with Crippen LogP contribution in [-0.2, 0) is 14.3 Å². The fourth-order valence-corrected chi connectivity index (χ4v) is 1.92. The molecule has 92 valence electrons. The second kappa shape index (κ2) is 4.82. The average molecular weight is 228 g/mol. The van der Waals surface area contributed by atoms with Crippen molar-refractivity contribution in [3.8, 4) is 0 Å². The maximum absolute atomic E-state index is 11.9. The minimum Gasteiger partial charge on any atom is -0.469 e. The molecular formula is C11H20N2O3. The Morgan fingerprint density at radius 2 is 2.06 bits per heavy atom. The van der Waals surface area contributed by atoms with E-state index in [1.165, 1.54) is 12.0 Å². The van der Waals surface area contributed by atoms with Crippen LogP contribution in [0.5, 0.6) is 0 Å². The van der Waals surface area contributed by atoms with Gasteiger partial charge < -0.3 is 15.4 Å². The molecule has 16 heavy (non-hydrogen) atoms. The largest absolute Gasteiger partial charge is 0.469 e. The predicted molar refractivity (Wildman–Crippen MR) is 59.6 cm³/mol. The molecule has 1 amide bonds. The first-order valence-corrected chi connectivity index (χ1v) is 5.53. The summed E-state index contributed by atoms with van der Waals surface area (Å²) in [4.78, 5) is 24.7. The molecule has 1 unspecified atom stereocenters. The SMILES string of the molecule is COC(=O)C(C)CN(C)C(=O)C1(N)CCC1. The van der Waals surface area contributed by atoms with E-state index in [0.717, 1.165) is 19.3 Å². The molecule has 0 radical (unpaired) electrons. The zero-order valence-corrected chi connectivity index (χ0v) is 10.2. The van der Waals surface area contributed by atoms with Crippen LogP contribution < -0.4 is 5.73 Å². The monoisotopic (exact) mass is 228 g/mol. The highest BCUT2D eigenvalue weighted by Crippen LogP contribution is 2.30. The molecule has 0 aliphatic heterocycles. The lowest BCUT2D eigenvalue weighted by Gasteiger charge is -2.39. The van der Waals surface area contributed by atoms with E-state index >= 15 is 0 Å². The van der Waals surface area contributed by atoms with Crippen molar-refractivity contribution in [3.05, 3.63) is 0 Å². The number of carbonyl (C=O) groups excluding carboxylic acids is 2. The lowest BCUT2D eigenvalue weighted by atomic mass is 9.76. The topological polar surface area (TPSA) is 72.6 Å². The number of rotatable bonds is 4. The molecule has 0 heterocycles. The van der Waals surface area contributed by atoms with E-state index in [1.54, 1.807) is 14.0 Å². The van der Waals surface area contributed by atoms with Crippen LogP contribution >= 0.6 is 0 Å². The van der Waals surface area contributed by atoms with Crippen molar-refractivity contribution in [2.24, 2.45) is 11.7 Å². The van der Waals surface area contributed by atoms with Crippen LogP contribution in [0.2, 0.25) is 0 Å². The molecule has 5 heteroatoms. The van der Waals surface area contributed by atoms with Crippen molar-refractivity contribution >= 4 is 11.9 Å². The van der Waals surface area contributed by atoms with E-state index in [9.17, 15) is 9.59 Å². The molecule has 0 aromatic carbocycles. The Kier molecular flexibility index (Phi) is 3.91. The number of nitrogens with two attached hydrogens (primary N) is 1. The number of ether oxygens (including phenoxy) is 1. The van der Waals surface area contributed by atoms with E-state index in [0.29, 0.717) is 6.54 Å². The highest BCUT2D eigenvalue weighted by atomic mass is 16.5. The summed E-state index contributed by atoms with van der Waals surface area (Å²) in [5, 5.41) is 0. The van der Waals surface area contributed by atoms with Gasteiger partial charge in [-0.25, -0.2) is 0 Å². The second-order valence-corrected chi connectivity index (χ2v) is 4.62. The summed E-state index contributed by atoms with van der Waals surface area (Å²) in [5.74, 6) is -0.698. The van der Waals surface area contributed by atoms with Gasteiger partial charge in [-0.05, 0) is 19.3 Å². The summed E-state index contributed by atoms with van der Waals surface area (Å²) < 4.78 is 4.61. The molecule has 0 bridgehead atoms. The number of esters is 1. The van der Waals surface area contributed by atoms with Gasteiger partial charge in [-0.15, -0.1) is 0 Å². The van der Waals surface area contributed by atoms with Crippen LogP contribution in [0.25, 0.3) is 0 Å². The zero-order valence-electron chi connectivity index (χ0n) is 10.2. The van der Waals surface area contributed by atoms with Crippen molar-refractivity contribution in [3.63, 3.8) is 0 Å². The molecule has 2 N–H and O–H groups in total. The Morgan fingerprint density at radius 1 is 1.50 bits per heavy atom. The highest BCUT2D eigenvalue weighted by molar-refractivity contribution is 5.87. The van der Waals surface area contributed by atoms with Gasteiger partial charge in [0, 0.05) is 13.6 Å². The van der Waals surface area contributed by atoms with E-state index in [-0.39, 0.29) is 17.8 Å². The van der Waals surface area contributed by atoms with E-state index in [4.69, 9.17) is 5.73 Å². The molecule has 0 aromatic heterocycles. The normalized spacial score (nSPS) is 19.5. The summed E-state index contributed by atoms with van der Waals surface area (Å²) in [6, 6.07) is 0. The first-order chi connectivity index (χ1) is 7.40. The van der Waals surface area contributed by atoms with E-state index in [1.807, 2.05) is 0 Å². The van der Waals surface area contributed by atoms with Crippen LogP contribution in [0.15, 0.2) is 0 Å². The Labute approximate surface area is 95.9 Å². The molecule has 0 saturated heterocycles. The van der Waals surface area contributed by atoms with Gasteiger partial charge in [0.1, 0.15) is 0 Å². The molecule has 5 nitrogen and oxygen atoms in total. The van der Waals surface area contributed by atoms with Crippen molar-refractivity contribution < 1.29 is 14.3 Å². The van der Waals surface area contributed by atoms with Crippen molar-refractivity contribution in [2.75, 3.05) is 20.7 Å². The number of hydrogen-bond acceptors (Lipinski definition) is 4. The molecule has 1 fully saturated rings. The maximum Gasteiger partial charge on any atom is 0.310 e. The van der Waals surface area contributed by atoms with Gasteiger partial charge in [-0.3, -0.25) is 9.59 Å². The van der Waals surface area contributed by atoms with Crippen LogP contribution in [0.3, 0.4) is 0 Å². The van der Waals surface area contributed by atoms with Gasteiger partial charge in [0.2, 0.25) is 5.91 Å². The summed E-state index contributed by atoms with van der Waals surface area (Å²) in [6.45, 7) is 2.09. The van der Waals surface area contributed by atoms with Gasteiger partial charge >= 0.3 is 5.97 Å². The molecule has 1 saturated carbocycles. The molecule has 1 atom stereocenters. The molecule has 1 aliphatic rings. The Hall–Kier alpha value is -1.10. The predicted octanol–water partition coefficient (Wildman–Crippen LogP) is 0.135. The highest BCUT2D eigenvalue weighted by Gasteiger charge is 2.42. The first-order valence-electron chi connectivity index (χ1n) is 5.53. The lowest BCUT2D eigenvalue weighted by molar-refractivity contribution is -0.147. The third-order valence-corrected chi connectivity index (χ3v) is 3.17. The molecule has 1 aliphatic carbocycles. The smallest absolute Gasteiger partial charge is 0.310 e. The van der Waals surface area contributed by atoms with Gasteiger partial charge in [0.25, 0.3) is 0 Å². The summed E-state index contributed by atoms with van der Waals surface area (Å²) in [6.07, 6.45) is 2.48. The Balaban J connectivity index is 2.48. The molecule has 0 spiro atoms. The molecular weight excluding hydrogens is 208 g/mol. The number of likely N-dealkylation sites (N-methyl/N-ethyl adjacent to an activating group) is 1. The van der Waals surface area contributed by atoms with Crippen molar-refractivity contribution in [2.45, 2.75) is 31.7 Å². The standard InChI is InChI=1S/C11H20N2O3/c1-8(9(14)16-3)7-13(2)10(15)11(12)5-4-6-11/h8H,4-7,12H2,1-3H3. The van der Waals surface area contributed by atoms with Crippen molar-refractivity contribution in [1.82, 2.24) is 4.90 Å².